The monoisotopic (exact) mass is 431 g/mol. The van der Waals surface area contributed by atoms with E-state index < -0.39 is 5.97 Å². The molecule has 30 heavy (non-hydrogen) atoms. The first-order valence-corrected chi connectivity index (χ1v) is 11.0. The molecule has 0 saturated carbocycles. The summed E-state index contributed by atoms with van der Waals surface area (Å²) in [7, 11) is 0. The molecule has 1 heterocycles. The molecule has 1 aromatic heterocycles. The molecule has 1 amide bonds. The number of benzene rings is 1. The predicted molar refractivity (Wildman–Crippen MR) is 119 cm³/mol. The molecule has 7 heteroatoms. The lowest BCUT2D eigenvalue weighted by molar-refractivity contribution is -0.145. The van der Waals surface area contributed by atoms with Crippen LogP contribution in [0.1, 0.15) is 38.8 Å². The van der Waals surface area contributed by atoms with E-state index in [-0.39, 0.29) is 12.5 Å². The van der Waals surface area contributed by atoms with Crippen LogP contribution >= 0.6 is 11.3 Å². The summed E-state index contributed by atoms with van der Waals surface area (Å²) in [4.78, 5) is 25.9. The average Bonchev–Trinajstić information content (AvgIpc) is 3.25. The molecular weight excluding hydrogens is 402 g/mol. The Morgan fingerprint density at radius 3 is 2.47 bits per heavy atom. The summed E-state index contributed by atoms with van der Waals surface area (Å²) in [5, 5.41) is 4.00. The fraction of sp³-hybridized carbons (Fsp3) is 0.391. The summed E-state index contributed by atoms with van der Waals surface area (Å²) in [6, 6.07) is 7.44. The third-order valence-corrected chi connectivity index (χ3v) is 5.17. The zero-order chi connectivity index (χ0) is 21.9. The zero-order valence-electron chi connectivity index (χ0n) is 18.0. The number of esters is 1. The maximum Gasteiger partial charge on any atom is 0.344 e. The van der Waals surface area contributed by atoms with Gasteiger partial charge in [-0.2, -0.15) is 11.3 Å². The highest BCUT2D eigenvalue weighted by Crippen LogP contribution is 2.32. The molecular formula is C23H29NO5S. The van der Waals surface area contributed by atoms with Gasteiger partial charge in [-0.1, -0.05) is 6.07 Å². The van der Waals surface area contributed by atoms with Crippen molar-refractivity contribution in [1.29, 1.82) is 0 Å². The van der Waals surface area contributed by atoms with Crippen molar-refractivity contribution in [2.75, 3.05) is 26.3 Å². The Balaban J connectivity index is 2.23. The van der Waals surface area contributed by atoms with Gasteiger partial charge in [-0.25, -0.2) is 4.79 Å². The lowest BCUT2D eigenvalue weighted by Gasteiger charge is -2.17. The SMILES string of the molecule is CCOC(=O)COc1cc(/C(C)=C/C(=O)N(CC)CC)ccc1OCc1ccsc1. The van der Waals surface area contributed by atoms with Gasteiger partial charge in [-0.3, -0.25) is 4.79 Å². The number of ether oxygens (including phenoxy) is 3. The lowest BCUT2D eigenvalue weighted by Crippen LogP contribution is -2.28. The molecule has 6 nitrogen and oxygen atoms in total. The molecule has 0 saturated heterocycles. The molecule has 0 aliphatic carbocycles. The molecule has 0 atom stereocenters. The largest absolute Gasteiger partial charge is 0.485 e. The maximum atomic E-state index is 12.4. The van der Waals surface area contributed by atoms with Gasteiger partial charge in [0.1, 0.15) is 6.61 Å². The highest BCUT2D eigenvalue weighted by molar-refractivity contribution is 7.07. The molecule has 0 N–H and O–H groups in total. The number of hydrogen-bond donors (Lipinski definition) is 0. The fourth-order valence-corrected chi connectivity index (χ4v) is 3.41. The Hall–Kier alpha value is -2.80. The third kappa shape index (κ3) is 6.91. The lowest BCUT2D eigenvalue weighted by atomic mass is 10.1. The molecule has 0 fully saturated rings. The number of nitrogens with zero attached hydrogens (tertiary/aromatic N) is 1. The van der Waals surface area contributed by atoms with Gasteiger partial charge in [0.15, 0.2) is 18.1 Å². The van der Waals surface area contributed by atoms with Crippen molar-refractivity contribution in [1.82, 2.24) is 4.90 Å². The van der Waals surface area contributed by atoms with Gasteiger partial charge in [0.05, 0.1) is 6.61 Å². The van der Waals surface area contributed by atoms with E-state index in [1.54, 1.807) is 41.4 Å². The Morgan fingerprint density at radius 1 is 1.07 bits per heavy atom. The van der Waals surface area contributed by atoms with Crippen molar-refractivity contribution in [3.8, 4) is 11.5 Å². The van der Waals surface area contributed by atoms with Gasteiger partial charge in [0, 0.05) is 19.2 Å². The van der Waals surface area contributed by atoms with Crippen molar-refractivity contribution >= 4 is 28.8 Å². The number of carbonyl (C=O) groups excluding carboxylic acids is 2. The molecule has 162 valence electrons. The summed E-state index contributed by atoms with van der Waals surface area (Å²) in [6.45, 7) is 9.30. The number of likely N-dealkylation sites (N-methyl/N-ethyl adjacent to an activating group) is 1. The van der Waals surface area contributed by atoms with Gasteiger partial charge in [0.25, 0.3) is 0 Å². The predicted octanol–water partition coefficient (Wildman–Crippen LogP) is 4.54. The van der Waals surface area contributed by atoms with Crippen LogP contribution in [0.5, 0.6) is 11.5 Å². The summed E-state index contributed by atoms with van der Waals surface area (Å²) >= 11 is 1.60. The Labute approximate surface area is 182 Å². The number of hydrogen-bond acceptors (Lipinski definition) is 6. The van der Waals surface area contributed by atoms with E-state index in [0.29, 0.717) is 37.8 Å². The maximum absolute atomic E-state index is 12.4. The highest BCUT2D eigenvalue weighted by Gasteiger charge is 2.13. The second-order valence-electron chi connectivity index (χ2n) is 6.51. The number of thiophene rings is 1. The molecule has 0 bridgehead atoms. The van der Waals surface area contributed by atoms with Crippen LogP contribution < -0.4 is 9.47 Å². The van der Waals surface area contributed by atoms with E-state index in [0.717, 1.165) is 16.7 Å². The van der Waals surface area contributed by atoms with Crippen molar-refractivity contribution in [3.63, 3.8) is 0 Å². The molecule has 2 rings (SSSR count). The Morgan fingerprint density at radius 2 is 1.83 bits per heavy atom. The average molecular weight is 432 g/mol. The number of amides is 1. The standard InChI is InChI=1S/C23H29NO5S/c1-5-24(6-2)22(25)12-17(4)19-8-9-20(28-14-18-10-11-30-16-18)21(13-19)29-15-23(26)27-7-3/h8-13,16H,5-7,14-15H2,1-4H3/b17-12+. The minimum Gasteiger partial charge on any atom is -0.485 e. The number of carbonyl (C=O) groups is 2. The van der Waals surface area contributed by atoms with Crippen LogP contribution in [0.15, 0.2) is 41.1 Å². The van der Waals surface area contributed by atoms with Crippen molar-refractivity contribution < 1.29 is 23.8 Å². The second kappa shape index (κ2) is 12.0. The van der Waals surface area contributed by atoms with Gasteiger partial charge in [0.2, 0.25) is 5.91 Å². The first-order chi connectivity index (χ1) is 14.5. The van der Waals surface area contributed by atoms with Gasteiger partial charge in [-0.15, -0.1) is 0 Å². The van der Waals surface area contributed by atoms with E-state index in [1.807, 2.05) is 43.7 Å². The Bertz CT molecular complexity index is 856. The van der Waals surface area contributed by atoms with Crippen LogP contribution in [0.25, 0.3) is 5.57 Å². The van der Waals surface area contributed by atoms with E-state index in [2.05, 4.69) is 0 Å². The first kappa shape index (κ1) is 23.5. The molecule has 0 spiro atoms. The molecule has 0 aliphatic heterocycles. The normalized spacial score (nSPS) is 11.1. The van der Waals surface area contributed by atoms with Crippen molar-refractivity contribution in [3.05, 3.63) is 52.2 Å². The van der Waals surface area contributed by atoms with Crippen molar-refractivity contribution in [2.24, 2.45) is 0 Å². The quantitative estimate of drug-likeness (QED) is 0.386. The molecule has 0 unspecified atom stereocenters. The smallest absolute Gasteiger partial charge is 0.344 e. The first-order valence-electron chi connectivity index (χ1n) is 10.0. The summed E-state index contributed by atoms with van der Waals surface area (Å²) in [5.41, 5.74) is 2.68. The van der Waals surface area contributed by atoms with Crippen LogP contribution in [0, 0.1) is 0 Å². The van der Waals surface area contributed by atoms with Gasteiger partial charge in [-0.05, 0) is 73.4 Å². The Kier molecular flexibility index (Phi) is 9.41. The topological polar surface area (TPSA) is 65.1 Å². The molecule has 1 aromatic carbocycles. The fourth-order valence-electron chi connectivity index (χ4n) is 2.76. The van der Waals surface area contributed by atoms with Crippen LogP contribution in [0.4, 0.5) is 0 Å². The van der Waals surface area contributed by atoms with Crippen LogP contribution in [-0.2, 0) is 20.9 Å². The van der Waals surface area contributed by atoms with Crippen molar-refractivity contribution in [2.45, 2.75) is 34.3 Å². The van der Waals surface area contributed by atoms with E-state index in [9.17, 15) is 9.59 Å². The van der Waals surface area contributed by atoms with Crippen LogP contribution in [0.3, 0.4) is 0 Å². The molecule has 0 radical (unpaired) electrons. The molecule has 0 aliphatic rings. The van der Waals surface area contributed by atoms with Gasteiger partial charge >= 0.3 is 5.97 Å². The number of rotatable bonds is 11. The second-order valence-corrected chi connectivity index (χ2v) is 7.29. The minimum atomic E-state index is -0.448. The van der Waals surface area contributed by atoms with E-state index in [1.165, 1.54) is 0 Å². The summed E-state index contributed by atoms with van der Waals surface area (Å²) in [6.07, 6.45) is 1.61. The van der Waals surface area contributed by atoms with Gasteiger partial charge < -0.3 is 19.1 Å². The van der Waals surface area contributed by atoms with Crippen LogP contribution in [0.2, 0.25) is 0 Å². The highest BCUT2D eigenvalue weighted by atomic mass is 32.1. The zero-order valence-corrected chi connectivity index (χ0v) is 18.8. The van der Waals surface area contributed by atoms with Crippen LogP contribution in [-0.4, -0.2) is 43.1 Å². The summed E-state index contributed by atoms with van der Waals surface area (Å²) < 4.78 is 16.5. The van der Waals surface area contributed by atoms with E-state index >= 15 is 0 Å². The number of allylic oxidation sites excluding steroid dienone is 1. The van der Waals surface area contributed by atoms with E-state index in [4.69, 9.17) is 14.2 Å². The minimum absolute atomic E-state index is 0.0377. The third-order valence-electron chi connectivity index (χ3n) is 4.44. The molecule has 2 aromatic rings. The summed E-state index contributed by atoms with van der Waals surface area (Å²) in [5.74, 6) is 0.468.